The van der Waals surface area contributed by atoms with Crippen molar-refractivity contribution in [3.05, 3.63) is 35.4 Å². The number of halogens is 3. The van der Waals surface area contributed by atoms with Crippen LogP contribution in [0.1, 0.15) is 25.3 Å². The molecule has 1 aliphatic carbocycles. The van der Waals surface area contributed by atoms with Crippen LogP contribution in [-0.2, 0) is 11.2 Å². The van der Waals surface area contributed by atoms with E-state index in [0.29, 0.717) is 18.2 Å². The van der Waals surface area contributed by atoms with Gasteiger partial charge in [-0.25, -0.2) is 8.78 Å². The predicted molar refractivity (Wildman–Crippen MR) is 89.9 cm³/mol. The molecule has 1 aromatic carbocycles. The van der Waals surface area contributed by atoms with Crippen molar-refractivity contribution in [1.29, 1.82) is 0 Å². The van der Waals surface area contributed by atoms with Crippen molar-refractivity contribution in [2.75, 3.05) is 6.54 Å². The molecule has 0 aliphatic heterocycles. The maximum Gasteiger partial charge on any atom is 0.234 e. The second kappa shape index (κ2) is 9.27. The van der Waals surface area contributed by atoms with Gasteiger partial charge in [-0.05, 0) is 43.9 Å². The highest BCUT2D eigenvalue weighted by molar-refractivity contribution is 5.85. The molecule has 0 aromatic heterocycles. The highest BCUT2D eigenvalue weighted by Crippen LogP contribution is 2.19. The molecular formula is C16H24ClF2N3O2. The van der Waals surface area contributed by atoms with Crippen molar-refractivity contribution < 1.29 is 18.7 Å². The average molecular weight is 364 g/mol. The molecule has 0 bridgehead atoms. The van der Waals surface area contributed by atoms with Crippen LogP contribution in [0.15, 0.2) is 18.2 Å². The summed E-state index contributed by atoms with van der Waals surface area (Å²) in [7, 11) is 0. The smallest absolute Gasteiger partial charge is 0.234 e. The zero-order valence-corrected chi connectivity index (χ0v) is 14.3. The number of rotatable bonds is 9. The van der Waals surface area contributed by atoms with Gasteiger partial charge in [0.1, 0.15) is 11.6 Å². The summed E-state index contributed by atoms with van der Waals surface area (Å²) in [5.74, 6) is -1.90. The molecule has 2 rings (SSSR count). The van der Waals surface area contributed by atoms with Gasteiger partial charge in [-0.15, -0.1) is 12.4 Å². The van der Waals surface area contributed by atoms with E-state index in [1.807, 2.05) is 0 Å². The number of aliphatic hydroxyl groups is 1. The third-order valence-corrected chi connectivity index (χ3v) is 3.93. The Balaban J connectivity index is 0.00000288. The van der Waals surface area contributed by atoms with E-state index in [1.54, 1.807) is 6.92 Å². The molecule has 24 heavy (non-hydrogen) atoms. The van der Waals surface area contributed by atoms with Crippen molar-refractivity contribution in [3.63, 3.8) is 0 Å². The number of nitrogens with two attached hydrogens (primary N) is 1. The summed E-state index contributed by atoms with van der Waals surface area (Å²) in [4.78, 5) is 11.2. The van der Waals surface area contributed by atoms with Crippen molar-refractivity contribution in [2.45, 2.75) is 50.4 Å². The quantitative estimate of drug-likeness (QED) is 0.524. The fourth-order valence-electron chi connectivity index (χ4n) is 2.41. The van der Waals surface area contributed by atoms with Crippen LogP contribution in [0.25, 0.3) is 0 Å². The van der Waals surface area contributed by atoms with Crippen LogP contribution in [0.3, 0.4) is 0 Å². The van der Waals surface area contributed by atoms with Gasteiger partial charge >= 0.3 is 0 Å². The molecule has 8 heteroatoms. The zero-order chi connectivity index (χ0) is 17.0. The number of carbonyl (C=O) groups excluding carboxylic acids is 1. The number of nitrogens with one attached hydrogen (secondary N) is 2. The van der Waals surface area contributed by atoms with Gasteiger partial charge in [0.05, 0.1) is 12.1 Å². The first-order valence-corrected chi connectivity index (χ1v) is 7.77. The molecule has 0 unspecified atom stereocenters. The van der Waals surface area contributed by atoms with Gasteiger partial charge in [-0.3, -0.25) is 4.79 Å². The van der Waals surface area contributed by atoms with Gasteiger partial charge in [0.25, 0.3) is 0 Å². The van der Waals surface area contributed by atoms with Crippen LogP contribution in [0.4, 0.5) is 8.78 Å². The summed E-state index contributed by atoms with van der Waals surface area (Å²) < 4.78 is 26.6. The Labute approximate surface area is 146 Å². The Morgan fingerprint density at radius 2 is 1.92 bits per heavy atom. The average Bonchev–Trinajstić information content (AvgIpc) is 3.26. The van der Waals surface area contributed by atoms with E-state index in [2.05, 4.69) is 10.6 Å². The summed E-state index contributed by atoms with van der Waals surface area (Å²) in [6, 6.07) is 2.44. The minimum atomic E-state index is -0.816. The molecule has 1 saturated carbocycles. The molecule has 0 radical (unpaired) electrons. The number of amides is 1. The molecule has 136 valence electrons. The predicted octanol–water partition coefficient (Wildman–Crippen LogP) is 0.874. The molecule has 3 atom stereocenters. The number of aliphatic hydroxyl groups excluding tert-OH is 1. The SMILES string of the molecule is C[C@@H](N[C@@H](Cc1cc(F)cc(F)c1)[C@H](O)CNC1CC1)C(N)=O.Cl. The number of hydrogen-bond acceptors (Lipinski definition) is 4. The third-order valence-electron chi connectivity index (χ3n) is 3.93. The summed E-state index contributed by atoms with van der Waals surface area (Å²) >= 11 is 0. The van der Waals surface area contributed by atoms with Crippen LogP contribution in [0, 0.1) is 11.6 Å². The maximum absolute atomic E-state index is 13.3. The van der Waals surface area contributed by atoms with E-state index in [4.69, 9.17) is 5.73 Å². The Bertz CT molecular complexity index is 538. The molecule has 1 amide bonds. The van der Waals surface area contributed by atoms with E-state index in [0.717, 1.165) is 18.9 Å². The lowest BCUT2D eigenvalue weighted by molar-refractivity contribution is -0.120. The molecule has 1 fully saturated rings. The molecule has 5 nitrogen and oxygen atoms in total. The number of carbonyl (C=O) groups is 1. The molecule has 5 N–H and O–H groups in total. The molecule has 1 aromatic rings. The monoisotopic (exact) mass is 363 g/mol. The first-order valence-electron chi connectivity index (χ1n) is 7.77. The van der Waals surface area contributed by atoms with Crippen LogP contribution >= 0.6 is 12.4 Å². The fraction of sp³-hybridized carbons (Fsp3) is 0.562. The van der Waals surface area contributed by atoms with Gasteiger partial charge in [-0.1, -0.05) is 0 Å². The maximum atomic E-state index is 13.3. The van der Waals surface area contributed by atoms with Crippen molar-refractivity contribution in [2.24, 2.45) is 5.73 Å². The van der Waals surface area contributed by atoms with E-state index < -0.39 is 35.7 Å². The standard InChI is InChI=1S/C16H23F2N3O2.ClH/c1-9(16(19)23)21-14(15(22)8-20-13-2-3-13)6-10-4-11(17)7-12(18)5-10;/h4-5,7,9,13-15,20-22H,2-3,6,8H2,1H3,(H2,19,23);1H/t9-,14+,15-;/m1./s1. The first-order chi connectivity index (χ1) is 10.8. The van der Waals surface area contributed by atoms with Crippen molar-refractivity contribution in [3.8, 4) is 0 Å². The normalized spacial score (nSPS) is 17.7. The van der Waals surface area contributed by atoms with Crippen LogP contribution in [0.5, 0.6) is 0 Å². The molecule has 1 aliphatic rings. The Kier molecular flexibility index (Phi) is 8.02. The minimum Gasteiger partial charge on any atom is -0.390 e. The van der Waals surface area contributed by atoms with Gasteiger partial charge in [0.15, 0.2) is 0 Å². The second-order valence-corrected chi connectivity index (χ2v) is 6.13. The van der Waals surface area contributed by atoms with Gasteiger partial charge < -0.3 is 21.5 Å². The number of primary amides is 1. The van der Waals surface area contributed by atoms with E-state index in [1.165, 1.54) is 12.1 Å². The van der Waals surface area contributed by atoms with Crippen LogP contribution in [0.2, 0.25) is 0 Å². The van der Waals surface area contributed by atoms with E-state index in [9.17, 15) is 18.7 Å². The minimum absolute atomic E-state index is 0. The highest BCUT2D eigenvalue weighted by atomic mass is 35.5. The van der Waals surface area contributed by atoms with Gasteiger partial charge in [0.2, 0.25) is 5.91 Å². The van der Waals surface area contributed by atoms with Crippen molar-refractivity contribution in [1.82, 2.24) is 10.6 Å². The Morgan fingerprint density at radius 3 is 2.42 bits per heavy atom. The first kappa shape index (κ1) is 20.8. The molecule has 0 heterocycles. The van der Waals surface area contributed by atoms with Gasteiger partial charge in [0, 0.05) is 24.7 Å². The Morgan fingerprint density at radius 1 is 1.33 bits per heavy atom. The lowest BCUT2D eigenvalue weighted by Gasteiger charge is -2.27. The lowest BCUT2D eigenvalue weighted by atomic mass is 9.99. The summed E-state index contributed by atoms with van der Waals surface area (Å²) in [6.07, 6.45) is 1.53. The molecule has 0 spiro atoms. The van der Waals surface area contributed by atoms with E-state index >= 15 is 0 Å². The fourth-order valence-corrected chi connectivity index (χ4v) is 2.41. The van der Waals surface area contributed by atoms with Crippen LogP contribution in [-0.4, -0.2) is 41.8 Å². The third kappa shape index (κ3) is 6.68. The lowest BCUT2D eigenvalue weighted by Crippen LogP contribution is -2.53. The number of benzene rings is 1. The summed E-state index contributed by atoms with van der Waals surface area (Å²) in [5.41, 5.74) is 5.64. The summed E-state index contributed by atoms with van der Waals surface area (Å²) in [6.45, 7) is 1.92. The van der Waals surface area contributed by atoms with Crippen molar-refractivity contribution >= 4 is 18.3 Å². The second-order valence-electron chi connectivity index (χ2n) is 6.13. The Hall–Kier alpha value is -1.28. The zero-order valence-electron chi connectivity index (χ0n) is 13.5. The highest BCUT2D eigenvalue weighted by Gasteiger charge is 2.27. The molecule has 0 saturated heterocycles. The van der Waals surface area contributed by atoms with E-state index in [-0.39, 0.29) is 18.8 Å². The van der Waals surface area contributed by atoms with Crippen LogP contribution < -0.4 is 16.4 Å². The largest absolute Gasteiger partial charge is 0.390 e. The number of hydrogen-bond donors (Lipinski definition) is 4. The van der Waals surface area contributed by atoms with Gasteiger partial charge in [-0.2, -0.15) is 0 Å². The summed E-state index contributed by atoms with van der Waals surface area (Å²) in [5, 5.41) is 16.5. The molecular weight excluding hydrogens is 340 g/mol. The topological polar surface area (TPSA) is 87.4 Å².